The summed E-state index contributed by atoms with van der Waals surface area (Å²) in [6, 6.07) is 0. The van der Waals surface area contributed by atoms with E-state index >= 15 is 0 Å². The number of nitrogens with zero attached hydrogens (tertiary/aromatic N) is 1. The third-order valence-electron chi connectivity index (χ3n) is 9.26. The second-order valence-corrected chi connectivity index (χ2v) is 17.5. The topological polar surface area (TPSA) is 91.3 Å². The van der Waals surface area contributed by atoms with E-state index < -0.39 is 19.9 Å². The first kappa shape index (κ1) is 54.5. The van der Waals surface area contributed by atoms with Crippen LogP contribution in [0.2, 0.25) is 0 Å². The van der Waals surface area contributed by atoms with E-state index in [9.17, 15) is 14.3 Å². The summed E-state index contributed by atoms with van der Waals surface area (Å²) in [5.74, 6) is -0.615. The number of esters is 1. The monoisotopic (exact) mass is 819 g/mol. The highest BCUT2D eigenvalue weighted by Gasteiger charge is 2.26. The average Bonchev–Trinajstić information content (AvgIpc) is 3.16. The predicted octanol–water partition coefficient (Wildman–Crippen LogP) is 13.6. The number of rotatable bonds is 40. The van der Waals surface area contributed by atoms with Gasteiger partial charge >= 0.3 is 13.8 Å². The number of carbonyl (C=O) groups is 1. The van der Waals surface area contributed by atoms with Gasteiger partial charge in [-0.25, -0.2) is 9.36 Å². The zero-order valence-electron chi connectivity index (χ0n) is 37.0. The smallest absolute Gasteiger partial charge is 0.472 e. The molecule has 0 aliphatic rings. The van der Waals surface area contributed by atoms with Gasteiger partial charge < -0.3 is 18.9 Å². The summed E-state index contributed by atoms with van der Waals surface area (Å²) in [5.41, 5.74) is 0. The Bertz CT molecular complexity index is 1180. The largest absolute Gasteiger partial charge is 0.498 e. The van der Waals surface area contributed by atoms with Crippen LogP contribution in [0.1, 0.15) is 162 Å². The van der Waals surface area contributed by atoms with Crippen LogP contribution in [0, 0.1) is 0 Å². The van der Waals surface area contributed by atoms with Crippen LogP contribution in [0.5, 0.6) is 0 Å². The molecule has 0 aliphatic carbocycles. The van der Waals surface area contributed by atoms with Crippen molar-refractivity contribution in [2.75, 3.05) is 47.5 Å². The van der Waals surface area contributed by atoms with Gasteiger partial charge in [-0.1, -0.05) is 203 Å². The van der Waals surface area contributed by atoms with Gasteiger partial charge in [-0.2, -0.15) is 0 Å². The summed E-state index contributed by atoms with van der Waals surface area (Å²) in [6.07, 6.45) is 55.0. The van der Waals surface area contributed by atoms with Crippen molar-refractivity contribution in [2.24, 2.45) is 0 Å². The van der Waals surface area contributed by atoms with Crippen LogP contribution in [-0.2, 0) is 27.9 Å². The van der Waals surface area contributed by atoms with Gasteiger partial charge in [0, 0.05) is 6.08 Å². The minimum absolute atomic E-state index is 0.0258. The Kier molecular flexibility index (Phi) is 38.6. The lowest BCUT2D eigenvalue weighted by molar-refractivity contribution is -0.870. The van der Waals surface area contributed by atoms with Crippen molar-refractivity contribution in [3.63, 3.8) is 0 Å². The fraction of sp³-hybridized carbons (Fsp3) is 0.688. The molecular weight excluding hydrogens is 734 g/mol. The van der Waals surface area contributed by atoms with Crippen LogP contribution in [0.4, 0.5) is 0 Å². The van der Waals surface area contributed by atoms with Crippen LogP contribution in [-0.4, -0.2) is 69.0 Å². The molecule has 0 aromatic heterocycles. The molecule has 1 unspecified atom stereocenters. The number of likely N-dealkylation sites (N-methyl/N-ethyl adjacent to an activating group) is 1. The summed E-state index contributed by atoms with van der Waals surface area (Å²) < 4.78 is 34.5. The van der Waals surface area contributed by atoms with Gasteiger partial charge in [0.1, 0.15) is 19.8 Å². The Morgan fingerprint density at radius 3 is 1.46 bits per heavy atom. The summed E-state index contributed by atoms with van der Waals surface area (Å²) in [7, 11) is 1.54. The fourth-order valence-electron chi connectivity index (χ4n) is 5.76. The predicted molar refractivity (Wildman–Crippen MR) is 242 cm³/mol. The first-order chi connectivity index (χ1) is 27.6. The molecule has 0 aliphatic heterocycles. The number of ether oxygens (including phenoxy) is 2. The van der Waals surface area contributed by atoms with Crippen molar-refractivity contribution < 1.29 is 37.3 Å². The molecule has 1 N–H and O–H groups in total. The number of hydrogen-bond acceptors (Lipinski definition) is 6. The molecule has 0 fully saturated rings. The molecule has 0 amide bonds. The van der Waals surface area contributed by atoms with Gasteiger partial charge in [0.2, 0.25) is 0 Å². The molecule has 0 saturated heterocycles. The maximum atomic E-state index is 12.6. The molecule has 8 nitrogen and oxygen atoms in total. The average molecular weight is 819 g/mol. The Morgan fingerprint density at radius 1 is 0.561 bits per heavy atom. The molecular formula is C48H85NO7P+. The van der Waals surface area contributed by atoms with E-state index in [1.807, 2.05) is 69.8 Å². The standard InChI is InChI=1S/C48H84NO7P/c1-6-8-10-12-14-16-18-20-22-24-25-26-27-29-31-33-35-37-39-41-48(50)56-47(46-55-57(51,52)54-44-42-49(3,4)5)45-53-43-40-38-36-34-32-30-28-23-21-19-17-15-13-11-9-7-2/h22,24-27,29,31,33,35,37,39-41,43,47H,6-21,23,28,30,32,34,36,38,42,44-46H2,1-5H3/p+1/b24-22?,26-25?,29-27?,33-31?,37-35?,41-39?,43-40-/t47-/m1/s1. The van der Waals surface area contributed by atoms with Crippen molar-refractivity contribution in [3.8, 4) is 0 Å². The van der Waals surface area contributed by atoms with Crippen LogP contribution >= 0.6 is 7.82 Å². The number of hydrogen-bond donors (Lipinski definition) is 1. The molecule has 0 radical (unpaired) electrons. The maximum absolute atomic E-state index is 12.6. The molecule has 0 aromatic carbocycles. The zero-order valence-corrected chi connectivity index (χ0v) is 37.9. The molecule has 0 heterocycles. The summed E-state index contributed by atoms with van der Waals surface area (Å²) in [4.78, 5) is 22.7. The minimum atomic E-state index is -4.34. The molecule has 2 atom stereocenters. The number of phosphoric ester groups is 1. The van der Waals surface area contributed by atoms with Crippen molar-refractivity contribution in [2.45, 2.75) is 168 Å². The quantitative estimate of drug-likeness (QED) is 0.0125. The molecule has 0 aromatic rings. The van der Waals surface area contributed by atoms with E-state index in [1.54, 1.807) is 18.4 Å². The zero-order chi connectivity index (χ0) is 42.0. The van der Waals surface area contributed by atoms with E-state index in [-0.39, 0.29) is 19.8 Å². The molecule has 0 saturated carbocycles. The van der Waals surface area contributed by atoms with Crippen LogP contribution < -0.4 is 0 Å². The molecule has 328 valence electrons. The lowest BCUT2D eigenvalue weighted by Gasteiger charge is -2.24. The number of allylic oxidation sites excluding steroid dienone is 12. The molecule has 9 heteroatoms. The highest BCUT2D eigenvalue weighted by Crippen LogP contribution is 2.43. The molecule has 0 rings (SSSR count). The Labute approximate surface area is 350 Å². The fourth-order valence-corrected chi connectivity index (χ4v) is 6.50. The SMILES string of the molecule is CCCCCCCCCC=CC=CC=CC=CC=CC=CC(=O)O[C@H](CO/C=C\CCCCCCCCCCCCCCCC)COP(=O)(O)OCC[N+](C)(C)C. The number of quaternary nitrogens is 1. The van der Waals surface area contributed by atoms with E-state index in [0.717, 1.165) is 19.3 Å². The third-order valence-corrected chi connectivity index (χ3v) is 10.2. The highest BCUT2D eigenvalue weighted by molar-refractivity contribution is 7.47. The Balaban J connectivity index is 4.54. The molecule has 0 spiro atoms. The minimum Gasteiger partial charge on any atom is -0.498 e. The first-order valence-electron chi connectivity index (χ1n) is 22.5. The van der Waals surface area contributed by atoms with Gasteiger partial charge in [0.25, 0.3) is 0 Å². The second kappa shape index (κ2) is 40.3. The normalized spacial score (nSPS) is 14.5. The molecule has 57 heavy (non-hydrogen) atoms. The summed E-state index contributed by atoms with van der Waals surface area (Å²) >= 11 is 0. The van der Waals surface area contributed by atoms with Gasteiger partial charge in [-0.3, -0.25) is 9.05 Å². The number of phosphoric acid groups is 1. The Morgan fingerprint density at radius 2 is 0.982 bits per heavy atom. The van der Waals surface area contributed by atoms with Crippen LogP contribution in [0.3, 0.4) is 0 Å². The van der Waals surface area contributed by atoms with E-state index in [4.69, 9.17) is 18.5 Å². The third kappa shape index (κ3) is 44.5. The van der Waals surface area contributed by atoms with Crippen molar-refractivity contribution in [1.82, 2.24) is 0 Å². The maximum Gasteiger partial charge on any atom is 0.472 e. The van der Waals surface area contributed by atoms with Gasteiger partial charge in [-0.15, -0.1) is 0 Å². The van der Waals surface area contributed by atoms with Gasteiger partial charge in [-0.05, 0) is 31.8 Å². The van der Waals surface area contributed by atoms with Gasteiger partial charge in [0.15, 0.2) is 6.10 Å². The van der Waals surface area contributed by atoms with Crippen LogP contribution in [0.25, 0.3) is 0 Å². The molecule has 0 bridgehead atoms. The van der Waals surface area contributed by atoms with E-state index in [2.05, 4.69) is 26.0 Å². The van der Waals surface area contributed by atoms with Crippen molar-refractivity contribution in [1.29, 1.82) is 0 Å². The van der Waals surface area contributed by atoms with Gasteiger partial charge in [0.05, 0.1) is 34.0 Å². The van der Waals surface area contributed by atoms with E-state index in [0.29, 0.717) is 11.0 Å². The number of unbranched alkanes of at least 4 members (excludes halogenated alkanes) is 21. The lowest BCUT2D eigenvalue weighted by Crippen LogP contribution is -2.37. The Hall–Kier alpha value is -2.48. The van der Waals surface area contributed by atoms with Crippen molar-refractivity contribution >= 4 is 13.8 Å². The van der Waals surface area contributed by atoms with Crippen molar-refractivity contribution in [3.05, 3.63) is 85.3 Å². The first-order valence-corrected chi connectivity index (χ1v) is 24.0. The summed E-state index contributed by atoms with van der Waals surface area (Å²) in [6.45, 7) is 4.72. The summed E-state index contributed by atoms with van der Waals surface area (Å²) in [5, 5.41) is 0. The highest BCUT2D eigenvalue weighted by atomic mass is 31.2. The van der Waals surface area contributed by atoms with E-state index in [1.165, 1.54) is 134 Å². The number of carbonyl (C=O) groups excluding carboxylic acids is 1. The second-order valence-electron chi connectivity index (χ2n) is 16.0. The van der Waals surface area contributed by atoms with Crippen LogP contribution in [0.15, 0.2) is 85.3 Å². The lowest BCUT2D eigenvalue weighted by atomic mass is 10.0.